The van der Waals surface area contributed by atoms with Gasteiger partial charge in [0.05, 0.1) is 0 Å². The predicted octanol–water partition coefficient (Wildman–Crippen LogP) is -0.669. The first kappa shape index (κ1) is 19.7. The van der Waals surface area contributed by atoms with Crippen molar-refractivity contribution in [1.29, 1.82) is 0 Å². The molecule has 0 aliphatic heterocycles. The molecule has 0 aliphatic carbocycles. The van der Waals surface area contributed by atoms with E-state index in [4.69, 9.17) is 14.6 Å². The van der Waals surface area contributed by atoms with Gasteiger partial charge in [0.1, 0.15) is 0 Å². The van der Waals surface area contributed by atoms with Crippen LogP contribution in [0.2, 0.25) is 5.21 Å². The summed E-state index contributed by atoms with van der Waals surface area (Å²) in [6.45, 7) is 4.28. The van der Waals surface area contributed by atoms with Crippen LogP contribution in [0, 0.1) is 0 Å². The number of rotatable bonds is 9. The molecule has 1 unspecified atom stereocenters. The SMILES string of the molecule is CCOC(=O)C(CC[As](=O)CO)(NC(C)=O)C(=O)OCC. The normalized spacial score (nSPS) is 11.5. The van der Waals surface area contributed by atoms with Gasteiger partial charge in [-0.25, -0.2) is 0 Å². The van der Waals surface area contributed by atoms with Gasteiger partial charge in [0.2, 0.25) is 0 Å². The number of aliphatic hydroxyl groups is 1. The number of amides is 1. The molecule has 9 heteroatoms. The van der Waals surface area contributed by atoms with Crippen LogP contribution in [0.3, 0.4) is 0 Å². The van der Waals surface area contributed by atoms with Crippen LogP contribution >= 0.6 is 0 Å². The van der Waals surface area contributed by atoms with Crippen molar-refractivity contribution in [3.63, 3.8) is 0 Å². The molecule has 0 saturated carbocycles. The maximum absolute atomic E-state index is 12.1. The van der Waals surface area contributed by atoms with Crippen LogP contribution in [0.5, 0.6) is 0 Å². The van der Waals surface area contributed by atoms with E-state index in [0.29, 0.717) is 0 Å². The van der Waals surface area contributed by atoms with Gasteiger partial charge in [-0.05, 0) is 0 Å². The van der Waals surface area contributed by atoms with E-state index >= 15 is 0 Å². The van der Waals surface area contributed by atoms with Crippen molar-refractivity contribution >= 4 is 32.4 Å². The summed E-state index contributed by atoms with van der Waals surface area (Å²) < 4.78 is 21.1. The molecular weight excluding hydrogens is 345 g/mol. The molecule has 1 radical (unpaired) electrons. The Kier molecular flexibility index (Phi) is 9.04. The predicted molar refractivity (Wildman–Crippen MR) is 72.8 cm³/mol. The van der Waals surface area contributed by atoms with Gasteiger partial charge in [0, 0.05) is 0 Å². The standard InChI is InChI=1S/C12H21AsNO7/c1-4-20-10(17)12(14-9(3)16,11(18)21-5-2)6-7-13(19)8-15/h15H,4-8H2,1-3H3,(H,14,16). The summed E-state index contributed by atoms with van der Waals surface area (Å²) in [7, 11) is 0. The van der Waals surface area contributed by atoms with Crippen molar-refractivity contribution < 1.29 is 32.7 Å². The van der Waals surface area contributed by atoms with Crippen molar-refractivity contribution in [2.24, 2.45) is 0 Å². The van der Waals surface area contributed by atoms with Gasteiger partial charge in [-0.15, -0.1) is 0 Å². The summed E-state index contributed by atoms with van der Waals surface area (Å²) in [5.74, 6) is -2.54. The number of hydrogen-bond acceptors (Lipinski definition) is 7. The van der Waals surface area contributed by atoms with Gasteiger partial charge in [-0.2, -0.15) is 0 Å². The molecule has 0 aromatic heterocycles. The Morgan fingerprint density at radius 2 is 1.62 bits per heavy atom. The van der Waals surface area contributed by atoms with E-state index in [-0.39, 0.29) is 24.8 Å². The summed E-state index contributed by atoms with van der Waals surface area (Å²) in [6, 6.07) is 0. The minimum atomic E-state index is -2.78. The molecule has 2 N–H and O–H groups in total. The Hall–Kier alpha value is -1.27. The molecule has 21 heavy (non-hydrogen) atoms. The van der Waals surface area contributed by atoms with Crippen LogP contribution in [0.25, 0.3) is 0 Å². The van der Waals surface area contributed by atoms with Gasteiger partial charge >= 0.3 is 127 Å². The van der Waals surface area contributed by atoms with E-state index in [1.54, 1.807) is 13.8 Å². The van der Waals surface area contributed by atoms with E-state index in [1.165, 1.54) is 0 Å². The maximum atomic E-state index is 12.1. The van der Waals surface area contributed by atoms with Crippen LogP contribution in [-0.4, -0.2) is 61.7 Å². The zero-order chi connectivity index (χ0) is 16.5. The van der Waals surface area contributed by atoms with Crippen LogP contribution in [0.1, 0.15) is 27.2 Å². The summed E-state index contributed by atoms with van der Waals surface area (Å²) in [5, 5.41) is 10.5. The van der Waals surface area contributed by atoms with Gasteiger partial charge < -0.3 is 0 Å². The number of carbonyl (C=O) groups is 3. The average molecular weight is 366 g/mol. The van der Waals surface area contributed by atoms with Crippen molar-refractivity contribution in [2.75, 3.05) is 18.6 Å². The van der Waals surface area contributed by atoms with Gasteiger partial charge in [-0.1, -0.05) is 0 Å². The monoisotopic (exact) mass is 366 g/mol. The Labute approximate surface area is 127 Å². The summed E-state index contributed by atoms with van der Waals surface area (Å²) >= 11 is -2.78. The number of nitrogens with one attached hydrogen (secondary N) is 1. The Bertz CT molecular complexity index is 392. The van der Waals surface area contributed by atoms with Crippen molar-refractivity contribution in [3.05, 3.63) is 0 Å². The number of ether oxygens (including phenoxy) is 2. The van der Waals surface area contributed by atoms with Crippen LogP contribution in [0.15, 0.2) is 0 Å². The fourth-order valence-electron chi connectivity index (χ4n) is 1.62. The fraction of sp³-hybridized carbons (Fsp3) is 0.750. The van der Waals surface area contributed by atoms with Gasteiger partial charge in [-0.3, -0.25) is 0 Å². The zero-order valence-corrected chi connectivity index (χ0v) is 14.3. The molecule has 0 rings (SSSR count). The Morgan fingerprint density at radius 1 is 1.14 bits per heavy atom. The third-order valence-corrected chi connectivity index (χ3v) is 4.71. The summed E-state index contributed by atoms with van der Waals surface area (Å²) in [6.07, 6.45) is -0.242. The van der Waals surface area contributed by atoms with E-state index in [1.807, 2.05) is 0 Å². The quantitative estimate of drug-likeness (QED) is 0.316. The first-order valence-electron chi connectivity index (χ1n) is 6.50. The van der Waals surface area contributed by atoms with E-state index in [2.05, 4.69) is 5.32 Å². The molecule has 0 spiro atoms. The van der Waals surface area contributed by atoms with E-state index < -0.39 is 43.4 Å². The van der Waals surface area contributed by atoms with Crippen LogP contribution in [0.4, 0.5) is 0 Å². The molecule has 0 bridgehead atoms. The summed E-state index contributed by atoms with van der Waals surface area (Å²) in [4.78, 5) is 35.6. The molecule has 8 nitrogen and oxygen atoms in total. The Morgan fingerprint density at radius 3 is 1.95 bits per heavy atom. The van der Waals surface area contributed by atoms with Gasteiger partial charge in [0.25, 0.3) is 0 Å². The molecule has 121 valence electrons. The molecule has 0 aromatic rings. The molecule has 0 saturated heterocycles. The molecular formula is C12H21AsNO7. The van der Waals surface area contributed by atoms with Crippen molar-refractivity contribution in [3.8, 4) is 0 Å². The van der Waals surface area contributed by atoms with Gasteiger partial charge in [0.15, 0.2) is 0 Å². The average Bonchev–Trinajstić information content (AvgIpc) is 2.42. The fourth-order valence-corrected chi connectivity index (χ4v) is 3.15. The minimum absolute atomic E-state index is 0.0123. The second-order valence-electron chi connectivity index (χ2n) is 4.12. The first-order valence-corrected chi connectivity index (χ1v) is 9.92. The molecule has 0 heterocycles. The van der Waals surface area contributed by atoms with Crippen molar-refractivity contribution in [2.45, 2.75) is 37.9 Å². The Balaban J connectivity index is 5.48. The van der Waals surface area contributed by atoms with Crippen molar-refractivity contribution in [1.82, 2.24) is 5.32 Å². The number of esters is 2. The molecule has 0 fully saturated rings. The zero-order valence-electron chi connectivity index (χ0n) is 12.4. The van der Waals surface area contributed by atoms with Crippen LogP contribution in [-0.2, 0) is 27.6 Å². The number of hydrogen-bond donors (Lipinski definition) is 2. The third-order valence-electron chi connectivity index (χ3n) is 2.53. The molecule has 1 atom stereocenters. The summed E-state index contributed by atoms with van der Waals surface area (Å²) in [5.41, 5.74) is -2.02. The third kappa shape index (κ3) is 5.93. The van der Waals surface area contributed by atoms with Crippen LogP contribution < -0.4 is 5.32 Å². The topological polar surface area (TPSA) is 119 Å². The molecule has 0 aliphatic rings. The van der Waals surface area contributed by atoms with E-state index in [9.17, 15) is 18.1 Å². The number of aliphatic hydroxyl groups excluding tert-OH is 1. The number of carbonyl (C=O) groups excluding carboxylic acids is 3. The second kappa shape index (κ2) is 9.63. The second-order valence-corrected chi connectivity index (χ2v) is 7.68. The van der Waals surface area contributed by atoms with E-state index in [0.717, 1.165) is 6.92 Å². The molecule has 1 amide bonds. The first-order chi connectivity index (χ1) is 9.83. The molecule has 0 aromatic carbocycles.